The summed E-state index contributed by atoms with van der Waals surface area (Å²) in [5.74, 6) is 0.841. The largest absolute Gasteiger partial charge is 0.378 e. The van der Waals surface area contributed by atoms with Crippen molar-refractivity contribution in [3.8, 4) is 5.69 Å². The SMILES string of the molecule is Cc1ccccc1-n1c(SCc2c(F)cccc2Cl)nnc1N1CCOCC1. The van der Waals surface area contributed by atoms with Crippen LogP contribution in [0.25, 0.3) is 5.69 Å². The number of hydrogen-bond donors (Lipinski definition) is 0. The van der Waals surface area contributed by atoms with Gasteiger partial charge in [0.1, 0.15) is 5.82 Å². The monoisotopic (exact) mass is 418 g/mol. The van der Waals surface area contributed by atoms with Crippen molar-refractivity contribution in [1.82, 2.24) is 14.8 Å². The molecule has 146 valence electrons. The zero-order valence-corrected chi connectivity index (χ0v) is 17.0. The molecule has 0 N–H and O–H groups in total. The highest BCUT2D eigenvalue weighted by molar-refractivity contribution is 7.98. The van der Waals surface area contributed by atoms with Gasteiger partial charge in [-0.05, 0) is 30.7 Å². The highest BCUT2D eigenvalue weighted by Gasteiger charge is 2.23. The Hall–Kier alpha value is -2.09. The number of anilines is 1. The second-order valence-corrected chi connectivity index (χ2v) is 7.84. The van der Waals surface area contributed by atoms with Crippen molar-refractivity contribution in [3.63, 3.8) is 0 Å². The molecule has 0 saturated carbocycles. The minimum absolute atomic E-state index is 0.310. The third-order valence-electron chi connectivity index (χ3n) is 4.67. The van der Waals surface area contributed by atoms with Gasteiger partial charge in [0.25, 0.3) is 0 Å². The average Bonchev–Trinajstić information content (AvgIpc) is 3.12. The first-order chi connectivity index (χ1) is 13.6. The molecule has 1 aromatic heterocycles. The molecule has 2 heterocycles. The van der Waals surface area contributed by atoms with Gasteiger partial charge in [-0.15, -0.1) is 10.2 Å². The molecule has 0 spiro atoms. The smallest absolute Gasteiger partial charge is 0.232 e. The Morgan fingerprint density at radius 1 is 1.11 bits per heavy atom. The Balaban J connectivity index is 1.71. The van der Waals surface area contributed by atoms with E-state index in [1.165, 1.54) is 17.8 Å². The molecule has 1 fully saturated rings. The van der Waals surface area contributed by atoms with Crippen molar-refractivity contribution >= 4 is 29.3 Å². The van der Waals surface area contributed by atoms with Crippen molar-refractivity contribution < 1.29 is 9.13 Å². The van der Waals surface area contributed by atoms with E-state index < -0.39 is 0 Å². The van der Waals surface area contributed by atoms with Crippen LogP contribution in [0.3, 0.4) is 0 Å². The van der Waals surface area contributed by atoms with Gasteiger partial charge >= 0.3 is 0 Å². The molecule has 0 amide bonds. The highest BCUT2D eigenvalue weighted by Crippen LogP contribution is 2.32. The molecule has 4 rings (SSSR count). The van der Waals surface area contributed by atoms with Gasteiger partial charge in [0.2, 0.25) is 5.95 Å². The van der Waals surface area contributed by atoms with Crippen LogP contribution in [-0.4, -0.2) is 41.1 Å². The number of aryl methyl sites for hydroxylation is 1. The van der Waals surface area contributed by atoms with Gasteiger partial charge in [-0.2, -0.15) is 0 Å². The molecule has 8 heteroatoms. The molecule has 2 aromatic carbocycles. The quantitative estimate of drug-likeness (QED) is 0.571. The van der Waals surface area contributed by atoms with Gasteiger partial charge in [-0.1, -0.05) is 47.6 Å². The van der Waals surface area contributed by atoms with Crippen LogP contribution in [0.4, 0.5) is 10.3 Å². The third-order valence-corrected chi connectivity index (χ3v) is 5.98. The van der Waals surface area contributed by atoms with E-state index >= 15 is 0 Å². The number of thioether (sulfide) groups is 1. The van der Waals surface area contributed by atoms with Crippen LogP contribution in [0.5, 0.6) is 0 Å². The lowest BCUT2D eigenvalue weighted by molar-refractivity contribution is 0.122. The van der Waals surface area contributed by atoms with Gasteiger partial charge in [0.15, 0.2) is 5.16 Å². The number of hydrogen-bond acceptors (Lipinski definition) is 5. The van der Waals surface area contributed by atoms with Crippen molar-refractivity contribution in [2.75, 3.05) is 31.2 Å². The summed E-state index contributed by atoms with van der Waals surface area (Å²) in [6, 6.07) is 12.8. The number of nitrogens with zero attached hydrogens (tertiary/aromatic N) is 4. The first-order valence-corrected chi connectivity index (χ1v) is 10.4. The Morgan fingerprint density at radius 3 is 2.64 bits per heavy atom. The first-order valence-electron chi connectivity index (χ1n) is 9.05. The van der Waals surface area contributed by atoms with E-state index in [4.69, 9.17) is 16.3 Å². The predicted molar refractivity (Wildman–Crippen MR) is 110 cm³/mol. The number of benzene rings is 2. The zero-order chi connectivity index (χ0) is 19.5. The first kappa shape index (κ1) is 19.2. The lowest BCUT2D eigenvalue weighted by Crippen LogP contribution is -2.38. The van der Waals surface area contributed by atoms with Crippen molar-refractivity contribution in [2.24, 2.45) is 0 Å². The number of para-hydroxylation sites is 1. The van der Waals surface area contributed by atoms with Gasteiger partial charge < -0.3 is 9.64 Å². The topological polar surface area (TPSA) is 43.2 Å². The summed E-state index contributed by atoms with van der Waals surface area (Å²) in [6.45, 7) is 4.89. The molecule has 3 aromatic rings. The van der Waals surface area contributed by atoms with Crippen molar-refractivity contribution in [3.05, 3.63) is 64.4 Å². The molecule has 0 atom stereocenters. The second-order valence-electron chi connectivity index (χ2n) is 6.49. The normalized spacial score (nSPS) is 14.5. The van der Waals surface area contributed by atoms with E-state index in [9.17, 15) is 4.39 Å². The van der Waals surface area contributed by atoms with E-state index in [0.717, 1.165) is 30.3 Å². The van der Waals surface area contributed by atoms with Crippen LogP contribution in [-0.2, 0) is 10.5 Å². The molecule has 0 unspecified atom stereocenters. The van der Waals surface area contributed by atoms with Gasteiger partial charge in [-0.3, -0.25) is 4.57 Å². The van der Waals surface area contributed by atoms with Gasteiger partial charge in [0, 0.05) is 29.4 Å². The van der Waals surface area contributed by atoms with Gasteiger partial charge in [0.05, 0.1) is 18.9 Å². The van der Waals surface area contributed by atoms with Crippen molar-refractivity contribution in [2.45, 2.75) is 17.8 Å². The molecule has 0 radical (unpaired) electrons. The Labute approximate surface area is 172 Å². The lowest BCUT2D eigenvalue weighted by Gasteiger charge is -2.28. The van der Waals surface area contributed by atoms with Crippen LogP contribution in [0, 0.1) is 12.7 Å². The minimum Gasteiger partial charge on any atom is -0.378 e. The predicted octanol–water partition coefficient (Wildman–Crippen LogP) is 4.50. The fourth-order valence-electron chi connectivity index (χ4n) is 3.16. The minimum atomic E-state index is -0.310. The number of ether oxygens (including phenoxy) is 1. The molecule has 1 saturated heterocycles. The van der Waals surface area contributed by atoms with Crippen LogP contribution in [0.1, 0.15) is 11.1 Å². The van der Waals surface area contributed by atoms with E-state index in [2.05, 4.69) is 28.1 Å². The molecule has 1 aliphatic rings. The van der Waals surface area contributed by atoms with Crippen LogP contribution < -0.4 is 4.90 Å². The maximum absolute atomic E-state index is 14.2. The van der Waals surface area contributed by atoms with E-state index in [1.54, 1.807) is 12.1 Å². The highest BCUT2D eigenvalue weighted by atomic mass is 35.5. The average molecular weight is 419 g/mol. The van der Waals surface area contributed by atoms with Crippen LogP contribution in [0.2, 0.25) is 5.02 Å². The standard InChI is InChI=1S/C20H20ClFN4OS/c1-14-5-2-3-8-18(14)26-19(25-9-11-27-12-10-25)23-24-20(26)28-13-15-16(21)6-4-7-17(15)22/h2-8H,9-13H2,1H3. The Morgan fingerprint density at radius 2 is 1.89 bits per heavy atom. The van der Waals surface area contributed by atoms with E-state index in [-0.39, 0.29) is 5.82 Å². The number of halogens is 2. The third kappa shape index (κ3) is 3.87. The Bertz CT molecular complexity index is 954. The molecule has 5 nitrogen and oxygen atoms in total. The summed E-state index contributed by atoms with van der Waals surface area (Å²) in [4.78, 5) is 2.17. The van der Waals surface area contributed by atoms with Gasteiger partial charge in [-0.25, -0.2) is 4.39 Å². The van der Waals surface area contributed by atoms with Crippen LogP contribution >= 0.6 is 23.4 Å². The van der Waals surface area contributed by atoms with Crippen LogP contribution in [0.15, 0.2) is 47.6 Å². The molecule has 0 bridgehead atoms. The zero-order valence-electron chi connectivity index (χ0n) is 15.4. The maximum Gasteiger partial charge on any atom is 0.232 e. The summed E-state index contributed by atoms with van der Waals surface area (Å²) < 4.78 is 21.7. The summed E-state index contributed by atoms with van der Waals surface area (Å²) >= 11 is 7.61. The fraction of sp³-hybridized carbons (Fsp3) is 0.300. The van der Waals surface area contributed by atoms with E-state index in [0.29, 0.717) is 34.7 Å². The molecular weight excluding hydrogens is 399 g/mol. The molecule has 1 aliphatic heterocycles. The fourth-order valence-corrected chi connectivity index (χ4v) is 4.44. The van der Waals surface area contributed by atoms with Crippen molar-refractivity contribution in [1.29, 1.82) is 0 Å². The maximum atomic E-state index is 14.2. The van der Waals surface area contributed by atoms with E-state index in [1.807, 2.05) is 22.8 Å². The number of morpholine rings is 1. The molecule has 28 heavy (non-hydrogen) atoms. The summed E-state index contributed by atoms with van der Waals surface area (Å²) in [5, 5.41) is 9.98. The summed E-state index contributed by atoms with van der Waals surface area (Å²) in [5.41, 5.74) is 2.60. The number of rotatable bonds is 5. The lowest BCUT2D eigenvalue weighted by atomic mass is 10.2. The second kappa shape index (κ2) is 8.51. The molecule has 0 aliphatic carbocycles. The molecular formula is C20H20ClFN4OS. The Kier molecular flexibility index (Phi) is 5.85. The summed E-state index contributed by atoms with van der Waals surface area (Å²) in [6.07, 6.45) is 0. The summed E-state index contributed by atoms with van der Waals surface area (Å²) in [7, 11) is 0. The number of aromatic nitrogens is 3.